The first kappa shape index (κ1) is 15.1. The summed E-state index contributed by atoms with van der Waals surface area (Å²) >= 11 is 0. The molecule has 0 spiro atoms. The Morgan fingerprint density at radius 1 is 1.26 bits per heavy atom. The van der Waals surface area contributed by atoms with Crippen LogP contribution in [0.1, 0.15) is 23.1 Å². The monoisotopic (exact) mass is 271 g/mol. The molecule has 0 aromatic carbocycles. The van der Waals surface area contributed by atoms with Crippen molar-refractivity contribution in [3.63, 3.8) is 0 Å². The third kappa shape index (κ3) is 3.75. The summed E-state index contributed by atoms with van der Waals surface area (Å²) in [6, 6.07) is 0. The number of hydrogen-bond donors (Lipinski definition) is 0. The predicted octanol–water partition coefficient (Wildman–Crippen LogP) is -0.185. The van der Waals surface area contributed by atoms with Crippen molar-refractivity contribution in [3.05, 3.63) is 11.4 Å². The summed E-state index contributed by atoms with van der Waals surface area (Å²) in [4.78, 5) is 22.9. The highest BCUT2D eigenvalue weighted by Gasteiger charge is 2.23. The Morgan fingerprint density at radius 2 is 1.95 bits per heavy atom. The second kappa shape index (κ2) is 6.83. The van der Waals surface area contributed by atoms with Crippen LogP contribution in [-0.4, -0.2) is 54.4 Å². The lowest BCUT2D eigenvalue weighted by Crippen LogP contribution is -2.20. The van der Waals surface area contributed by atoms with E-state index in [0.29, 0.717) is 12.2 Å². The number of esters is 2. The van der Waals surface area contributed by atoms with E-state index in [1.807, 2.05) is 6.92 Å². The molecule has 106 valence electrons. The fourth-order valence-electron chi connectivity index (χ4n) is 1.44. The second-order valence-electron chi connectivity index (χ2n) is 3.86. The van der Waals surface area contributed by atoms with Gasteiger partial charge >= 0.3 is 11.9 Å². The first-order valence-electron chi connectivity index (χ1n) is 5.63. The molecule has 0 fully saturated rings. The molecule has 1 atom stereocenters. The van der Waals surface area contributed by atoms with Gasteiger partial charge < -0.3 is 14.2 Å². The smallest absolute Gasteiger partial charge is 0.360 e. The molecule has 8 heteroatoms. The molecule has 1 heterocycles. The minimum Gasteiger partial charge on any atom is -0.469 e. The molecule has 1 aromatic rings. The van der Waals surface area contributed by atoms with E-state index in [9.17, 15) is 9.59 Å². The van der Waals surface area contributed by atoms with E-state index in [0.717, 1.165) is 0 Å². The molecule has 1 rings (SSSR count). The third-order valence-corrected chi connectivity index (χ3v) is 2.59. The van der Waals surface area contributed by atoms with Crippen LogP contribution in [0.4, 0.5) is 0 Å². The van der Waals surface area contributed by atoms with E-state index in [1.165, 1.54) is 18.9 Å². The normalized spacial score (nSPS) is 12.0. The van der Waals surface area contributed by atoms with Crippen LogP contribution in [0.5, 0.6) is 0 Å². The van der Waals surface area contributed by atoms with Crippen molar-refractivity contribution in [2.45, 2.75) is 26.0 Å². The SMILES string of the molecule is COC(=O)Cc1c(C(=O)OC)nnn1CC(C)OC. The van der Waals surface area contributed by atoms with Crippen molar-refractivity contribution in [2.75, 3.05) is 21.3 Å². The van der Waals surface area contributed by atoms with Crippen molar-refractivity contribution in [1.29, 1.82) is 0 Å². The Labute approximate surface area is 110 Å². The lowest BCUT2D eigenvalue weighted by Gasteiger charge is -2.11. The van der Waals surface area contributed by atoms with Gasteiger partial charge in [-0.05, 0) is 6.92 Å². The number of carbonyl (C=O) groups is 2. The zero-order chi connectivity index (χ0) is 14.4. The molecule has 19 heavy (non-hydrogen) atoms. The summed E-state index contributed by atoms with van der Waals surface area (Å²) in [7, 11) is 4.07. The Morgan fingerprint density at radius 3 is 2.47 bits per heavy atom. The molecule has 0 amide bonds. The molecular weight excluding hydrogens is 254 g/mol. The van der Waals surface area contributed by atoms with Gasteiger partial charge in [-0.15, -0.1) is 5.10 Å². The van der Waals surface area contributed by atoms with Gasteiger partial charge in [0.1, 0.15) is 0 Å². The minimum atomic E-state index is -0.643. The Bertz CT molecular complexity index is 457. The third-order valence-electron chi connectivity index (χ3n) is 2.59. The molecule has 8 nitrogen and oxygen atoms in total. The van der Waals surface area contributed by atoms with Crippen LogP contribution in [0.3, 0.4) is 0 Å². The van der Waals surface area contributed by atoms with Crippen LogP contribution < -0.4 is 0 Å². The first-order valence-corrected chi connectivity index (χ1v) is 5.63. The Kier molecular flexibility index (Phi) is 5.43. The first-order chi connectivity index (χ1) is 9.03. The summed E-state index contributed by atoms with van der Waals surface area (Å²) < 4.78 is 15.7. The topological polar surface area (TPSA) is 92.5 Å². The maximum absolute atomic E-state index is 11.6. The van der Waals surface area contributed by atoms with Crippen molar-refractivity contribution in [3.8, 4) is 0 Å². The van der Waals surface area contributed by atoms with Crippen molar-refractivity contribution in [2.24, 2.45) is 0 Å². The highest BCUT2D eigenvalue weighted by molar-refractivity contribution is 5.89. The van der Waals surface area contributed by atoms with E-state index >= 15 is 0 Å². The number of hydrogen-bond acceptors (Lipinski definition) is 7. The number of nitrogens with zero attached hydrogens (tertiary/aromatic N) is 3. The van der Waals surface area contributed by atoms with Gasteiger partial charge in [0, 0.05) is 7.11 Å². The van der Waals surface area contributed by atoms with Crippen molar-refractivity contribution < 1.29 is 23.8 Å². The average Bonchev–Trinajstić information content (AvgIpc) is 2.80. The van der Waals surface area contributed by atoms with E-state index in [1.54, 1.807) is 7.11 Å². The molecule has 0 radical (unpaired) electrons. The van der Waals surface area contributed by atoms with Gasteiger partial charge in [-0.1, -0.05) is 5.21 Å². The number of aromatic nitrogens is 3. The molecule has 0 saturated heterocycles. The fraction of sp³-hybridized carbons (Fsp3) is 0.636. The van der Waals surface area contributed by atoms with Gasteiger partial charge in [-0.3, -0.25) is 4.79 Å². The van der Waals surface area contributed by atoms with Gasteiger partial charge in [-0.25, -0.2) is 9.48 Å². The van der Waals surface area contributed by atoms with Crippen molar-refractivity contribution in [1.82, 2.24) is 15.0 Å². The molecule has 0 aliphatic rings. The van der Waals surface area contributed by atoms with Crippen LogP contribution in [0.15, 0.2) is 0 Å². The van der Waals surface area contributed by atoms with Crippen LogP contribution in [0, 0.1) is 0 Å². The van der Waals surface area contributed by atoms with Crippen LogP contribution in [0.2, 0.25) is 0 Å². The molecule has 0 bridgehead atoms. The number of methoxy groups -OCH3 is 3. The molecule has 1 unspecified atom stereocenters. The van der Waals surface area contributed by atoms with E-state index in [-0.39, 0.29) is 18.2 Å². The molecule has 0 aliphatic heterocycles. The zero-order valence-corrected chi connectivity index (χ0v) is 11.4. The van der Waals surface area contributed by atoms with Crippen LogP contribution in [0.25, 0.3) is 0 Å². The average molecular weight is 271 g/mol. The highest BCUT2D eigenvalue weighted by Crippen LogP contribution is 2.10. The predicted molar refractivity (Wildman–Crippen MR) is 63.6 cm³/mol. The lowest BCUT2D eigenvalue weighted by atomic mass is 10.2. The van der Waals surface area contributed by atoms with E-state index in [4.69, 9.17) is 4.74 Å². The summed E-state index contributed by atoms with van der Waals surface area (Å²) in [5, 5.41) is 7.58. The molecule has 0 N–H and O–H groups in total. The van der Waals surface area contributed by atoms with Gasteiger partial charge in [0.15, 0.2) is 5.69 Å². The van der Waals surface area contributed by atoms with Gasteiger partial charge in [0.05, 0.1) is 39.0 Å². The Hall–Kier alpha value is -1.96. The maximum Gasteiger partial charge on any atom is 0.360 e. The Balaban J connectivity index is 3.06. The van der Waals surface area contributed by atoms with Crippen LogP contribution in [-0.2, 0) is 32.0 Å². The largest absolute Gasteiger partial charge is 0.469 e. The minimum absolute atomic E-state index is 0.0104. The lowest BCUT2D eigenvalue weighted by molar-refractivity contribution is -0.139. The number of ether oxygens (including phenoxy) is 3. The summed E-state index contributed by atoms with van der Waals surface area (Å²) in [6.45, 7) is 2.20. The molecule has 0 aliphatic carbocycles. The number of carbonyl (C=O) groups excluding carboxylic acids is 2. The maximum atomic E-state index is 11.6. The van der Waals surface area contributed by atoms with Crippen LogP contribution >= 0.6 is 0 Å². The van der Waals surface area contributed by atoms with E-state index in [2.05, 4.69) is 19.8 Å². The van der Waals surface area contributed by atoms with Gasteiger partial charge in [0.25, 0.3) is 0 Å². The molecule has 1 aromatic heterocycles. The van der Waals surface area contributed by atoms with E-state index < -0.39 is 11.9 Å². The molecule has 0 saturated carbocycles. The van der Waals surface area contributed by atoms with Gasteiger partial charge in [0.2, 0.25) is 0 Å². The standard InChI is InChI=1S/C11H17N3O5/c1-7(17-2)6-14-8(5-9(15)18-3)10(12-13-14)11(16)19-4/h7H,5-6H2,1-4H3. The second-order valence-corrected chi connectivity index (χ2v) is 3.86. The summed E-state index contributed by atoms with van der Waals surface area (Å²) in [5.74, 6) is -1.13. The summed E-state index contributed by atoms with van der Waals surface area (Å²) in [5.41, 5.74) is 0.360. The number of rotatable bonds is 6. The highest BCUT2D eigenvalue weighted by atomic mass is 16.5. The zero-order valence-electron chi connectivity index (χ0n) is 11.4. The fourth-order valence-corrected chi connectivity index (χ4v) is 1.44. The quantitative estimate of drug-likeness (QED) is 0.662. The van der Waals surface area contributed by atoms with Crippen molar-refractivity contribution >= 4 is 11.9 Å². The molecular formula is C11H17N3O5. The van der Waals surface area contributed by atoms with Gasteiger partial charge in [-0.2, -0.15) is 0 Å². The summed E-state index contributed by atoms with van der Waals surface area (Å²) in [6.07, 6.45) is -0.242.